The third kappa shape index (κ3) is 1.39. The van der Waals surface area contributed by atoms with Gasteiger partial charge < -0.3 is 0 Å². The van der Waals surface area contributed by atoms with E-state index in [9.17, 15) is 5.21 Å². The topological polar surface area (TPSA) is 32.6 Å². The molecule has 3 nitrogen and oxygen atoms in total. The lowest BCUT2D eigenvalue weighted by molar-refractivity contribution is -1.03. The highest BCUT2D eigenvalue weighted by atomic mass is 16.5. The van der Waals surface area contributed by atoms with Crippen LogP contribution in [0.15, 0.2) is 4.99 Å². The van der Waals surface area contributed by atoms with Crippen molar-refractivity contribution in [3.8, 4) is 0 Å². The molecule has 68 valence electrons. The van der Waals surface area contributed by atoms with Gasteiger partial charge in [0.05, 0.1) is 6.54 Å². The molecule has 0 aromatic heterocycles. The second kappa shape index (κ2) is 3.15. The van der Waals surface area contributed by atoms with E-state index < -0.39 is 0 Å². The molecule has 0 amide bonds. The van der Waals surface area contributed by atoms with Crippen LogP contribution in [0.2, 0.25) is 0 Å². The molecule has 0 bridgehead atoms. The predicted molar refractivity (Wildman–Crippen MR) is 47.2 cm³/mol. The summed E-state index contributed by atoms with van der Waals surface area (Å²) in [5.41, 5.74) is 0. The van der Waals surface area contributed by atoms with Crippen molar-refractivity contribution in [1.29, 1.82) is 0 Å². The van der Waals surface area contributed by atoms with Gasteiger partial charge in [0.2, 0.25) is 5.84 Å². The van der Waals surface area contributed by atoms with Crippen molar-refractivity contribution in [3.05, 3.63) is 0 Å². The first-order chi connectivity index (χ1) is 5.81. The number of amidine groups is 1. The Morgan fingerprint density at radius 2 is 1.92 bits per heavy atom. The SMILES string of the molecule is O[N+]12CCCCCC1=NCCC2. The molecule has 1 N–H and O–H groups in total. The first kappa shape index (κ1) is 8.20. The van der Waals surface area contributed by atoms with Gasteiger partial charge >= 0.3 is 0 Å². The van der Waals surface area contributed by atoms with Gasteiger partial charge in [-0.05, 0) is 19.3 Å². The van der Waals surface area contributed by atoms with Crippen LogP contribution in [0.25, 0.3) is 0 Å². The zero-order valence-electron chi connectivity index (χ0n) is 7.50. The molecular formula is C9H17N2O+. The summed E-state index contributed by atoms with van der Waals surface area (Å²) in [6, 6.07) is 0. The van der Waals surface area contributed by atoms with E-state index in [0.29, 0.717) is 0 Å². The monoisotopic (exact) mass is 169 g/mol. The summed E-state index contributed by atoms with van der Waals surface area (Å²) in [7, 11) is 0. The van der Waals surface area contributed by atoms with Crippen LogP contribution in [0, 0.1) is 0 Å². The van der Waals surface area contributed by atoms with E-state index >= 15 is 0 Å². The van der Waals surface area contributed by atoms with Gasteiger partial charge in [-0.15, -0.1) is 4.65 Å². The molecule has 3 heteroatoms. The molecule has 1 unspecified atom stereocenters. The fourth-order valence-corrected chi connectivity index (χ4v) is 2.16. The van der Waals surface area contributed by atoms with Gasteiger partial charge in [-0.2, -0.15) is 0 Å². The van der Waals surface area contributed by atoms with Crippen molar-refractivity contribution in [2.45, 2.75) is 32.1 Å². The zero-order valence-corrected chi connectivity index (χ0v) is 7.50. The average molecular weight is 169 g/mol. The minimum atomic E-state index is 0.167. The number of aliphatic imine (C=N–C) groups is 1. The zero-order chi connectivity index (χ0) is 8.44. The van der Waals surface area contributed by atoms with E-state index in [1.807, 2.05) is 0 Å². The summed E-state index contributed by atoms with van der Waals surface area (Å²) in [6.07, 6.45) is 5.66. The molecule has 2 heterocycles. The highest BCUT2D eigenvalue weighted by Gasteiger charge is 2.35. The van der Waals surface area contributed by atoms with Gasteiger partial charge in [-0.25, -0.2) is 10.2 Å². The number of hydrogen-bond acceptors (Lipinski definition) is 2. The van der Waals surface area contributed by atoms with Crippen LogP contribution in [-0.4, -0.2) is 35.3 Å². The molecular weight excluding hydrogens is 152 g/mol. The predicted octanol–water partition coefficient (Wildman–Crippen LogP) is 1.57. The first-order valence-corrected chi connectivity index (χ1v) is 4.95. The van der Waals surface area contributed by atoms with Crippen LogP contribution in [0.3, 0.4) is 0 Å². The van der Waals surface area contributed by atoms with Crippen molar-refractivity contribution in [2.75, 3.05) is 19.6 Å². The van der Waals surface area contributed by atoms with Crippen molar-refractivity contribution in [3.63, 3.8) is 0 Å². The lowest BCUT2D eigenvalue weighted by atomic mass is 10.2. The Kier molecular flexibility index (Phi) is 2.15. The average Bonchev–Trinajstić information content (AvgIpc) is 2.25. The lowest BCUT2D eigenvalue weighted by Crippen LogP contribution is -2.52. The number of rotatable bonds is 0. The highest BCUT2D eigenvalue weighted by molar-refractivity contribution is 5.75. The number of nitrogens with zero attached hydrogens (tertiary/aromatic N) is 2. The van der Waals surface area contributed by atoms with Crippen molar-refractivity contribution in [1.82, 2.24) is 0 Å². The largest absolute Gasteiger partial charge is 0.236 e. The molecule has 0 radical (unpaired) electrons. The van der Waals surface area contributed by atoms with Crippen molar-refractivity contribution < 1.29 is 9.85 Å². The maximum Gasteiger partial charge on any atom is 0.230 e. The Bertz CT molecular complexity index is 203. The van der Waals surface area contributed by atoms with Gasteiger partial charge in [0.15, 0.2) is 0 Å². The number of fused-ring (bicyclic) bond motifs is 1. The minimum Gasteiger partial charge on any atom is -0.236 e. The quantitative estimate of drug-likeness (QED) is 0.548. The van der Waals surface area contributed by atoms with Crippen LogP contribution in [0.4, 0.5) is 0 Å². The van der Waals surface area contributed by atoms with Gasteiger partial charge in [0.25, 0.3) is 0 Å². The molecule has 1 saturated heterocycles. The minimum absolute atomic E-state index is 0.167. The molecule has 0 spiro atoms. The van der Waals surface area contributed by atoms with Gasteiger partial charge in [-0.1, -0.05) is 0 Å². The molecule has 1 atom stereocenters. The number of quaternary nitrogens is 1. The third-order valence-electron chi connectivity index (χ3n) is 2.89. The second-order valence-electron chi connectivity index (χ2n) is 3.83. The molecule has 0 aromatic rings. The summed E-state index contributed by atoms with van der Waals surface area (Å²) in [5.74, 6) is 1.04. The second-order valence-corrected chi connectivity index (χ2v) is 3.83. The third-order valence-corrected chi connectivity index (χ3v) is 2.89. The standard InChI is InChI=1S/C9H17N2O/c12-11-7-3-1-2-5-9(11)10-6-4-8-11/h12H,1-8H2/q+1. The Balaban J connectivity index is 2.20. The molecule has 2 aliphatic heterocycles. The normalized spacial score (nSPS) is 36.6. The van der Waals surface area contributed by atoms with Gasteiger partial charge in [-0.3, -0.25) is 0 Å². The molecule has 2 rings (SSSR count). The summed E-state index contributed by atoms with van der Waals surface area (Å²) in [5, 5.41) is 10.2. The summed E-state index contributed by atoms with van der Waals surface area (Å²) in [4.78, 5) is 4.42. The molecule has 0 saturated carbocycles. The molecule has 0 aromatic carbocycles. The van der Waals surface area contributed by atoms with Crippen LogP contribution < -0.4 is 0 Å². The molecule has 2 aliphatic rings. The Morgan fingerprint density at radius 3 is 2.83 bits per heavy atom. The Labute approximate surface area is 73.3 Å². The molecule has 1 fully saturated rings. The smallest absolute Gasteiger partial charge is 0.230 e. The maximum absolute atomic E-state index is 10.2. The van der Waals surface area contributed by atoms with E-state index in [1.165, 1.54) is 12.8 Å². The summed E-state index contributed by atoms with van der Waals surface area (Å²) < 4.78 is 0.167. The number of hydrogen-bond donors (Lipinski definition) is 1. The lowest BCUT2D eigenvalue weighted by Gasteiger charge is -2.31. The van der Waals surface area contributed by atoms with Crippen LogP contribution in [0.5, 0.6) is 0 Å². The van der Waals surface area contributed by atoms with Crippen LogP contribution in [0.1, 0.15) is 32.1 Å². The van der Waals surface area contributed by atoms with Crippen molar-refractivity contribution in [2.24, 2.45) is 4.99 Å². The van der Waals surface area contributed by atoms with E-state index in [-0.39, 0.29) is 4.65 Å². The fourth-order valence-electron chi connectivity index (χ4n) is 2.16. The van der Waals surface area contributed by atoms with Crippen LogP contribution >= 0.6 is 0 Å². The highest BCUT2D eigenvalue weighted by Crippen LogP contribution is 2.21. The van der Waals surface area contributed by atoms with E-state index in [4.69, 9.17) is 0 Å². The molecule has 0 aliphatic carbocycles. The van der Waals surface area contributed by atoms with Gasteiger partial charge in [0.1, 0.15) is 13.1 Å². The summed E-state index contributed by atoms with van der Waals surface area (Å²) in [6.45, 7) is 2.70. The van der Waals surface area contributed by atoms with E-state index in [1.54, 1.807) is 0 Å². The summed E-state index contributed by atoms with van der Waals surface area (Å²) >= 11 is 0. The Hall–Kier alpha value is -0.410. The van der Waals surface area contributed by atoms with Crippen LogP contribution in [-0.2, 0) is 0 Å². The van der Waals surface area contributed by atoms with E-state index in [2.05, 4.69) is 4.99 Å². The maximum atomic E-state index is 10.2. The Morgan fingerprint density at radius 1 is 1.08 bits per heavy atom. The number of hydroxylamine groups is 3. The molecule has 12 heavy (non-hydrogen) atoms. The van der Waals surface area contributed by atoms with Gasteiger partial charge in [0, 0.05) is 12.8 Å². The van der Waals surface area contributed by atoms with E-state index in [0.717, 1.165) is 44.7 Å². The first-order valence-electron chi connectivity index (χ1n) is 4.95. The fraction of sp³-hybridized carbons (Fsp3) is 0.889. The van der Waals surface area contributed by atoms with Crippen molar-refractivity contribution >= 4 is 5.84 Å².